The molecule has 0 aliphatic heterocycles. The van der Waals surface area contributed by atoms with Crippen molar-refractivity contribution < 1.29 is 0 Å². The first-order valence-corrected chi connectivity index (χ1v) is 6.65. The minimum atomic E-state index is 0.362. The molecular formula is C12H11Cl2N5. The molecule has 1 aliphatic rings. The molecule has 2 aromatic rings. The highest BCUT2D eigenvalue weighted by molar-refractivity contribution is 6.39. The number of nitrogens with one attached hydrogen (secondary N) is 2. The molecule has 7 heteroatoms. The summed E-state index contributed by atoms with van der Waals surface area (Å²) in [6, 6.07) is 5.78. The van der Waals surface area contributed by atoms with E-state index in [2.05, 4.69) is 25.8 Å². The number of para-hydroxylation sites is 1. The van der Waals surface area contributed by atoms with Gasteiger partial charge >= 0.3 is 0 Å². The van der Waals surface area contributed by atoms with Crippen molar-refractivity contribution in [3.63, 3.8) is 0 Å². The molecule has 5 nitrogen and oxygen atoms in total. The zero-order valence-corrected chi connectivity index (χ0v) is 11.4. The zero-order chi connectivity index (χ0) is 13.2. The van der Waals surface area contributed by atoms with E-state index in [0.29, 0.717) is 33.5 Å². The lowest BCUT2D eigenvalue weighted by atomic mass is 10.3. The number of aromatic nitrogens is 3. The molecule has 0 spiro atoms. The van der Waals surface area contributed by atoms with Crippen LogP contribution in [0.1, 0.15) is 12.8 Å². The van der Waals surface area contributed by atoms with Gasteiger partial charge in [0, 0.05) is 6.04 Å². The fourth-order valence-electron chi connectivity index (χ4n) is 1.59. The summed E-state index contributed by atoms with van der Waals surface area (Å²) in [5.74, 6) is 1.06. The van der Waals surface area contributed by atoms with Crippen LogP contribution in [-0.4, -0.2) is 21.2 Å². The Labute approximate surface area is 120 Å². The Kier molecular flexibility index (Phi) is 3.40. The molecule has 0 bridgehead atoms. The first kappa shape index (κ1) is 12.4. The quantitative estimate of drug-likeness (QED) is 0.904. The van der Waals surface area contributed by atoms with E-state index in [1.165, 1.54) is 12.8 Å². The number of hydrogen-bond donors (Lipinski definition) is 2. The number of hydrogen-bond acceptors (Lipinski definition) is 5. The molecule has 0 unspecified atom stereocenters. The molecule has 0 amide bonds. The van der Waals surface area contributed by atoms with Crippen LogP contribution in [0.25, 0.3) is 0 Å². The molecule has 2 N–H and O–H groups in total. The third kappa shape index (κ3) is 3.05. The molecule has 1 saturated carbocycles. The van der Waals surface area contributed by atoms with E-state index in [-0.39, 0.29) is 0 Å². The molecule has 1 fully saturated rings. The van der Waals surface area contributed by atoms with Gasteiger partial charge in [0.15, 0.2) is 5.82 Å². The summed E-state index contributed by atoms with van der Waals surface area (Å²) in [6.07, 6.45) is 3.93. The second-order valence-electron chi connectivity index (χ2n) is 4.31. The number of nitrogens with zero attached hydrogens (tertiary/aromatic N) is 3. The number of anilines is 3. The van der Waals surface area contributed by atoms with Gasteiger partial charge < -0.3 is 10.6 Å². The van der Waals surface area contributed by atoms with Crippen molar-refractivity contribution in [3.8, 4) is 0 Å². The molecular weight excluding hydrogens is 285 g/mol. The lowest BCUT2D eigenvalue weighted by Gasteiger charge is -2.09. The van der Waals surface area contributed by atoms with E-state index in [0.717, 1.165) is 0 Å². The summed E-state index contributed by atoms with van der Waals surface area (Å²) in [7, 11) is 0. The fraction of sp³-hybridized carbons (Fsp3) is 0.250. The van der Waals surface area contributed by atoms with Crippen molar-refractivity contribution in [2.75, 3.05) is 10.6 Å². The molecule has 1 heterocycles. The largest absolute Gasteiger partial charge is 0.366 e. The van der Waals surface area contributed by atoms with Gasteiger partial charge in [-0.2, -0.15) is 10.1 Å². The van der Waals surface area contributed by atoms with Gasteiger partial charge in [-0.1, -0.05) is 29.3 Å². The van der Waals surface area contributed by atoms with Crippen LogP contribution in [0.4, 0.5) is 17.5 Å². The summed E-state index contributed by atoms with van der Waals surface area (Å²) >= 11 is 12.2. The van der Waals surface area contributed by atoms with Crippen LogP contribution in [-0.2, 0) is 0 Å². The lowest BCUT2D eigenvalue weighted by molar-refractivity contribution is 0.965. The van der Waals surface area contributed by atoms with Crippen LogP contribution in [0.15, 0.2) is 24.4 Å². The van der Waals surface area contributed by atoms with Crippen molar-refractivity contribution in [3.05, 3.63) is 34.4 Å². The number of halogens is 2. The monoisotopic (exact) mass is 295 g/mol. The van der Waals surface area contributed by atoms with Crippen LogP contribution >= 0.6 is 23.2 Å². The highest BCUT2D eigenvalue weighted by Crippen LogP contribution is 2.31. The van der Waals surface area contributed by atoms with Gasteiger partial charge in [-0.15, -0.1) is 5.10 Å². The molecule has 19 heavy (non-hydrogen) atoms. The van der Waals surface area contributed by atoms with Gasteiger partial charge in [-0.25, -0.2) is 0 Å². The van der Waals surface area contributed by atoms with Gasteiger partial charge in [-0.05, 0) is 25.0 Å². The van der Waals surface area contributed by atoms with Gasteiger partial charge in [0.2, 0.25) is 5.95 Å². The topological polar surface area (TPSA) is 62.7 Å². The Morgan fingerprint density at radius 1 is 1.16 bits per heavy atom. The smallest absolute Gasteiger partial charge is 0.249 e. The molecule has 1 aromatic carbocycles. The fourth-order valence-corrected chi connectivity index (χ4v) is 2.08. The summed E-state index contributed by atoms with van der Waals surface area (Å²) in [5, 5.41) is 15.1. The van der Waals surface area contributed by atoms with Crippen molar-refractivity contribution in [1.29, 1.82) is 0 Å². The normalized spacial score (nSPS) is 14.2. The first-order valence-electron chi connectivity index (χ1n) is 5.89. The Hall–Kier alpha value is -1.59. The minimum Gasteiger partial charge on any atom is -0.366 e. The average molecular weight is 296 g/mol. The first-order chi connectivity index (χ1) is 9.22. The lowest BCUT2D eigenvalue weighted by Crippen LogP contribution is -2.07. The van der Waals surface area contributed by atoms with Gasteiger partial charge in [0.1, 0.15) is 0 Å². The summed E-state index contributed by atoms with van der Waals surface area (Å²) in [6.45, 7) is 0. The molecule has 98 valence electrons. The van der Waals surface area contributed by atoms with E-state index < -0.39 is 0 Å². The number of benzene rings is 1. The highest BCUT2D eigenvalue weighted by Gasteiger charge is 2.21. The van der Waals surface area contributed by atoms with Crippen LogP contribution < -0.4 is 10.6 Å². The Morgan fingerprint density at radius 2 is 1.89 bits per heavy atom. The molecule has 0 atom stereocenters. The maximum Gasteiger partial charge on any atom is 0.249 e. The van der Waals surface area contributed by atoms with E-state index in [9.17, 15) is 0 Å². The Balaban J connectivity index is 1.82. The van der Waals surface area contributed by atoms with Crippen LogP contribution in [0.2, 0.25) is 10.0 Å². The maximum atomic E-state index is 6.08. The van der Waals surface area contributed by atoms with Gasteiger partial charge in [0.25, 0.3) is 0 Å². The maximum absolute atomic E-state index is 6.08. The molecule has 0 saturated heterocycles. The van der Waals surface area contributed by atoms with E-state index in [1.54, 1.807) is 24.4 Å². The second-order valence-corrected chi connectivity index (χ2v) is 5.12. The minimum absolute atomic E-state index is 0.362. The zero-order valence-electron chi connectivity index (χ0n) is 9.90. The Morgan fingerprint density at radius 3 is 2.58 bits per heavy atom. The van der Waals surface area contributed by atoms with Crippen LogP contribution in [0, 0.1) is 0 Å². The summed E-state index contributed by atoms with van der Waals surface area (Å²) < 4.78 is 0. The molecule has 0 radical (unpaired) electrons. The van der Waals surface area contributed by atoms with Crippen LogP contribution in [0.5, 0.6) is 0 Å². The number of rotatable bonds is 4. The third-order valence-corrected chi connectivity index (χ3v) is 3.32. The van der Waals surface area contributed by atoms with Crippen molar-refractivity contribution in [2.24, 2.45) is 0 Å². The standard InChI is InChI=1S/C12H11Cl2N5/c13-8-2-1-3-9(14)11(8)18-12-17-10(6-15-19-12)16-7-4-5-7/h1-3,6-7H,4-5H2,(H2,16,17,18,19). The highest BCUT2D eigenvalue weighted by atomic mass is 35.5. The summed E-state index contributed by atoms with van der Waals surface area (Å²) in [5.41, 5.74) is 0.580. The second kappa shape index (κ2) is 5.19. The Bertz CT molecular complexity index is 580. The van der Waals surface area contributed by atoms with Crippen molar-refractivity contribution in [2.45, 2.75) is 18.9 Å². The summed E-state index contributed by atoms with van der Waals surface area (Å²) in [4.78, 5) is 4.32. The van der Waals surface area contributed by atoms with Gasteiger partial charge in [-0.3, -0.25) is 0 Å². The van der Waals surface area contributed by atoms with Crippen molar-refractivity contribution >= 4 is 40.7 Å². The average Bonchev–Trinajstić information content (AvgIpc) is 3.18. The molecule has 1 aromatic heterocycles. The van der Waals surface area contributed by atoms with Crippen LogP contribution in [0.3, 0.4) is 0 Å². The molecule has 1 aliphatic carbocycles. The third-order valence-electron chi connectivity index (χ3n) is 2.69. The van der Waals surface area contributed by atoms with E-state index in [4.69, 9.17) is 23.2 Å². The van der Waals surface area contributed by atoms with E-state index >= 15 is 0 Å². The SMILES string of the molecule is Clc1cccc(Cl)c1Nc1nncc(NC2CC2)n1. The molecule has 3 rings (SSSR count). The predicted molar refractivity (Wildman–Crippen MR) is 76.2 cm³/mol. The van der Waals surface area contributed by atoms with Crippen molar-refractivity contribution in [1.82, 2.24) is 15.2 Å². The van der Waals surface area contributed by atoms with E-state index in [1.807, 2.05) is 0 Å². The predicted octanol–water partition coefficient (Wildman–Crippen LogP) is 3.50. The van der Waals surface area contributed by atoms with Gasteiger partial charge in [0.05, 0.1) is 21.9 Å².